The number of rotatable bonds is 10. The second-order valence-electron chi connectivity index (χ2n) is 8.32. The van der Waals surface area contributed by atoms with Gasteiger partial charge in [0.2, 0.25) is 5.91 Å². The number of carbonyl (C=O) groups excluding carboxylic acids is 3. The van der Waals surface area contributed by atoms with Gasteiger partial charge in [0.25, 0.3) is 0 Å². The number of amides is 2. The molecule has 7 heteroatoms. The maximum Gasteiger partial charge on any atom is 0.414 e. The van der Waals surface area contributed by atoms with Gasteiger partial charge in [0.05, 0.1) is 19.2 Å². The van der Waals surface area contributed by atoms with E-state index in [0.29, 0.717) is 19.5 Å². The first-order chi connectivity index (χ1) is 16.5. The summed E-state index contributed by atoms with van der Waals surface area (Å²) in [4.78, 5) is 38.5. The molecule has 3 rings (SSSR count). The Kier molecular flexibility index (Phi) is 9.26. The third-order valence-electron chi connectivity index (χ3n) is 5.88. The molecule has 0 aliphatic carbocycles. The summed E-state index contributed by atoms with van der Waals surface area (Å²) in [6.45, 7) is 3.06. The Morgan fingerprint density at radius 3 is 2.56 bits per heavy atom. The number of anilines is 1. The summed E-state index contributed by atoms with van der Waals surface area (Å²) in [7, 11) is 1.34. The van der Waals surface area contributed by atoms with Gasteiger partial charge in [-0.3, -0.25) is 14.5 Å². The monoisotopic (exact) mass is 464 g/mol. The summed E-state index contributed by atoms with van der Waals surface area (Å²) >= 11 is 0. The highest BCUT2D eigenvalue weighted by Gasteiger charge is 2.32. The molecule has 0 aromatic heterocycles. The van der Waals surface area contributed by atoms with Crippen LogP contribution in [-0.4, -0.2) is 38.2 Å². The van der Waals surface area contributed by atoms with Crippen LogP contribution in [0.25, 0.3) is 0 Å². The van der Waals surface area contributed by atoms with Crippen molar-refractivity contribution in [2.24, 2.45) is 5.92 Å². The lowest BCUT2D eigenvalue weighted by Gasteiger charge is -2.18. The van der Waals surface area contributed by atoms with Crippen molar-refractivity contribution in [2.45, 2.75) is 38.7 Å². The van der Waals surface area contributed by atoms with Crippen LogP contribution in [0.2, 0.25) is 0 Å². The molecule has 1 heterocycles. The minimum Gasteiger partial charge on any atom is -0.469 e. The molecule has 2 atom stereocenters. The smallest absolute Gasteiger partial charge is 0.414 e. The van der Waals surface area contributed by atoms with Crippen LogP contribution in [0.4, 0.5) is 10.5 Å². The van der Waals surface area contributed by atoms with Crippen LogP contribution in [-0.2, 0) is 25.7 Å². The van der Waals surface area contributed by atoms with Crippen molar-refractivity contribution in [1.29, 1.82) is 0 Å². The first-order valence-corrected chi connectivity index (χ1v) is 11.5. The lowest BCUT2D eigenvalue weighted by molar-refractivity contribution is -0.141. The SMILES string of the molecule is C/C=C\C(CC(=O)NCCC1CN(C(=O)OCc2ccccc2)c2ccccc21)CC(=O)OC. The Hall–Kier alpha value is -3.61. The minimum absolute atomic E-state index is 0.0992. The molecule has 0 bridgehead atoms. The number of hydrogen-bond donors (Lipinski definition) is 1. The van der Waals surface area contributed by atoms with Crippen LogP contribution in [0.15, 0.2) is 66.7 Å². The zero-order valence-electron chi connectivity index (χ0n) is 19.7. The summed E-state index contributed by atoms with van der Waals surface area (Å²) < 4.78 is 10.3. The van der Waals surface area contributed by atoms with Crippen molar-refractivity contribution in [1.82, 2.24) is 5.32 Å². The number of esters is 1. The van der Waals surface area contributed by atoms with Gasteiger partial charge in [-0.2, -0.15) is 0 Å². The van der Waals surface area contributed by atoms with E-state index in [-0.39, 0.29) is 49.3 Å². The predicted molar refractivity (Wildman–Crippen MR) is 130 cm³/mol. The average Bonchev–Trinajstić information content (AvgIpc) is 3.22. The van der Waals surface area contributed by atoms with Gasteiger partial charge in [0.15, 0.2) is 0 Å². The number of para-hydroxylation sites is 1. The highest BCUT2D eigenvalue weighted by molar-refractivity contribution is 5.90. The lowest BCUT2D eigenvalue weighted by Crippen LogP contribution is -2.31. The van der Waals surface area contributed by atoms with Gasteiger partial charge >= 0.3 is 12.1 Å². The number of ether oxygens (including phenoxy) is 2. The van der Waals surface area contributed by atoms with E-state index in [0.717, 1.165) is 16.8 Å². The highest BCUT2D eigenvalue weighted by atomic mass is 16.6. The highest BCUT2D eigenvalue weighted by Crippen LogP contribution is 2.38. The predicted octanol–water partition coefficient (Wildman–Crippen LogP) is 4.58. The molecule has 34 heavy (non-hydrogen) atoms. The quantitative estimate of drug-likeness (QED) is 0.411. The number of fused-ring (bicyclic) bond motifs is 1. The third kappa shape index (κ3) is 6.94. The fourth-order valence-corrected chi connectivity index (χ4v) is 4.19. The van der Waals surface area contributed by atoms with Crippen molar-refractivity contribution < 1.29 is 23.9 Å². The fourth-order valence-electron chi connectivity index (χ4n) is 4.19. The molecule has 0 radical (unpaired) electrons. The van der Waals surface area contributed by atoms with Crippen LogP contribution >= 0.6 is 0 Å². The van der Waals surface area contributed by atoms with E-state index in [1.54, 1.807) is 4.90 Å². The number of methoxy groups -OCH3 is 1. The number of allylic oxidation sites excluding steroid dienone is 2. The number of nitrogens with zero attached hydrogens (tertiary/aromatic N) is 1. The molecule has 0 fully saturated rings. The standard InChI is InChI=1S/C27H32N2O5/c1-3-9-21(17-26(31)33-2)16-25(30)28-15-14-22-18-29(24-13-8-7-12-23(22)24)27(32)34-19-20-10-5-4-6-11-20/h3-13,21-22H,14-19H2,1-2H3,(H,28,30)/b9-3-. The largest absolute Gasteiger partial charge is 0.469 e. The Balaban J connectivity index is 1.52. The topological polar surface area (TPSA) is 84.9 Å². The first-order valence-electron chi connectivity index (χ1n) is 11.5. The van der Waals surface area contributed by atoms with Gasteiger partial charge in [-0.1, -0.05) is 60.7 Å². The maximum absolute atomic E-state index is 12.8. The molecule has 1 aliphatic rings. The Bertz CT molecular complexity index is 1010. The van der Waals surface area contributed by atoms with Crippen molar-refractivity contribution >= 4 is 23.7 Å². The van der Waals surface area contributed by atoms with Crippen molar-refractivity contribution in [2.75, 3.05) is 25.1 Å². The molecule has 0 saturated carbocycles. The molecule has 2 unspecified atom stereocenters. The van der Waals surface area contributed by atoms with Gasteiger partial charge in [-0.15, -0.1) is 0 Å². The molecule has 2 aromatic carbocycles. The second-order valence-corrected chi connectivity index (χ2v) is 8.32. The van der Waals surface area contributed by atoms with E-state index in [4.69, 9.17) is 9.47 Å². The van der Waals surface area contributed by atoms with Crippen molar-refractivity contribution in [3.05, 3.63) is 77.9 Å². The van der Waals surface area contributed by atoms with Gasteiger partial charge in [0.1, 0.15) is 6.61 Å². The van der Waals surface area contributed by atoms with Gasteiger partial charge < -0.3 is 14.8 Å². The number of nitrogens with one attached hydrogen (secondary N) is 1. The van der Waals surface area contributed by atoms with E-state index in [1.807, 2.05) is 73.7 Å². The minimum atomic E-state index is -0.375. The van der Waals surface area contributed by atoms with Crippen LogP contribution < -0.4 is 10.2 Å². The average molecular weight is 465 g/mol. The Morgan fingerprint density at radius 1 is 1.09 bits per heavy atom. The lowest BCUT2D eigenvalue weighted by atomic mass is 9.97. The van der Waals surface area contributed by atoms with Crippen molar-refractivity contribution in [3.63, 3.8) is 0 Å². The van der Waals surface area contributed by atoms with Crippen LogP contribution in [0.3, 0.4) is 0 Å². The Morgan fingerprint density at radius 2 is 1.82 bits per heavy atom. The third-order valence-corrected chi connectivity index (χ3v) is 5.88. The number of benzene rings is 2. The van der Waals surface area contributed by atoms with Gasteiger partial charge in [0, 0.05) is 25.4 Å². The second kappa shape index (κ2) is 12.6. The summed E-state index contributed by atoms with van der Waals surface area (Å²) in [6, 6.07) is 17.4. The number of carbonyl (C=O) groups is 3. The van der Waals surface area contributed by atoms with E-state index >= 15 is 0 Å². The zero-order chi connectivity index (χ0) is 24.3. The zero-order valence-corrected chi connectivity index (χ0v) is 19.7. The van der Waals surface area contributed by atoms with Crippen LogP contribution in [0, 0.1) is 5.92 Å². The summed E-state index contributed by atoms with van der Waals surface area (Å²) in [5.41, 5.74) is 2.86. The van der Waals surface area contributed by atoms with Gasteiger partial charge in [-0.25, -0.2) is 4.79 Å². The molecular weight excluding hydrogens is 432 g/mol. The Labute approximate surface area is 200 Å². The van der Waals surface area contributed by atoms with Crippen LogP contribution in [0.1, 0.15) is 43.2 Å². The van der Waals surface area contributed by atoms with Gasteiger partial charge in [-0.05, 0) is 36.5 Å². The first kappa shape index (κ1) is 25.0. The normalized spacial score (nSPS) is 15.6. The van der Waals surface area contributed by atoms with E-state index in [1.165, 1.54) is 7.11 Å². The summed E-state index contributed by atoms with van der Waals surface area (Å²) in [5.74, 6) is -0.545. The number of hydrogen-bond acceptors (Lipinski definition) is 5. The molecule has 1 aliphatic heterocycles. The van der Waals surface area contributed by atoms with Crippen molar-refractivity contribution in [3.8, 4) is 0 Å². The molecule has 7 nitrogen and oxygen atoms in total. The molecule has 2 aromatic rings. The molecule has 1 N–H and O–H groups in total. The fraction of sp³-hybridized carbons (Fsp3) is 0.370. The molecule has 180 valence electrons. The van der Waals surface area contributed by atoms with Crippen LogP contribution in [0.5, 0.6) is 0 Å². The molecule has 2 amide bonds. The van der Waals surface area contributed by atoms with E-state index < -0.39 is 0 Å². The molecular formula is C27H32N2O5. The maximum atomic E-state index is 12.8. The summed E-state index contributed by atoms with van der Waals surface area (Å²) in [6.07, 6.45) is 4.39. The van der Waals surface area contributed by atoms with E-state index in [9.17, 15) is 14.4 Å². The molecule has 0 spiro atoms. The van der Waals surface area contributed by atoms with E-state index in [2.05, 4.69) is 5.32 Å². The summed E-state index contributed by atoms with van der Waals surface area (Å²) in [5, 5.41) is 2.95. The molecule has 0 saturated heterocycles.